The molecule has 12 nitrogen and oxygen atoms in total. The molecule has 1 aliphatic rings. The second-order valence-corrected chi connectivity index (χ2v) is 17.4. The molecule has 1 fully saturated rings. The molecular weight excluding hydrogens is 775 g/mol. The number of carbonyl (C=O) groups is 4. The molecule has 0 aliphatic carbocycles. The number of aliphatic hydroxyl groups is 3. The molecule has 1 aliphatic heterocycles. The van der Waals surface area contributed by atoms with Gasteiger partial charge in [0, 0.05) is 25.8 Å². The summed E-state index contributed by atoms with van der Waals surface area (Å²) in [6.07, 6.45) is 23.3. The van der Waals surface area contributed by atoms with Crippen molar-refractivity contribution in [3.8, 4) is 0 Å². The summed E-state index contributed by atoms with van der Waals surface area (Å²) in [6.45, 7) is 4.17. The number of hydrogen-bond acceptors (Lipinski definition) is 8. The Morgan fingerprint density at radius 3 is 1.59 bits per heavy atom. The second-order valence-electron chi connectivity index (χ2n) is 17.4. The molecule has 0 radical (unpaired) electrons. The fraction of sp³-hybridized carbons (Fsp3) is 0.796. The van der Waals surface area contributed by atoms with Crippen molar-refractivity contribution in [1.82, 2.24) is 15.5 Å². The number of hydrogen-bond donors (Lipinski definition) is 6. The Balaban J connectivity index is 2.11. The Kier molecular flexibility index (Phi) is 30.5. The molecule has 12 heteroatoms. The maximum absolute atomic E-state index is 14.2. The summed E-state index contributed by atoms with van der Waals surface area (Å²) in [6, 6.07) is 6.57. The SMILES string of the molecule is CCCCCCCCCCCCCCCCCC(=O)N(CCCCCCCCCCCC)[C@@H]1O[C@H](CO)[C@@H](O)[C@H](O)[C@@H]1NC(=O)[C@H](Cc1ccccc1)NC(=O)CCC(=O)O. The highest BCUT2D eigenvalue weighted by Crippen LogP contribution is 2.26. The van der Waals surface area contributed by atoms with E-state index >= 15 is 0 Å². The van der Waals surface area contributed by atoms with Crippen LogP contribution in [0, 0.1) is 0 Å². The van der Waals surface area contributed by atoms with E-state index in [1.54, 1.807) is 29.2 Å². The number of nitrogens with one attached hydrogen (secondary N) is 2. The van der Waals surface area contributed by atoms with E-state index < -0.39 is 67.4 Å². The quantitative estimate of drug-likeness (QED) is 0.0357. The van der Waals surface area contributed by atoms with Gasteiger partial charge in [0.25, 0.3) is 0 Å². The first-order valence-corrected chi connectivity index (χ1v) is 24.4. The minimum absolute atomic E-state index is 0.0715. The summed E-state index contributed by atoms with van der Waals surface area (Å²) in [4.78, 5) is 53.7. The lowest BCUT2D eigenvalue weighted by Crippen LogP contribution is -2.70. The monoisotopic (exact) mass is 860 g/mol. The van der Waals surface area contributed by atoms with Crippen LogP contribution in [0.3, 0.4) is 0 Å². The van der Waals surface area contributed by atoms with Gasteiger partial charge in [0.1, 0.15) is 30.4 Å². The fourth-order valence-corrected chi connectivity index (χ4v) is 8.29. The highest BCUT2D eigenvalue weighted by molar-refractivity contribution is 5.89. The van der Waals surface area contributed by atoms with Gasteiger partial charge in [-0.15, -0.1) is 0 Å². The van der Waals surface area contributed by atoms with Crippen molar-refractivity contribution in [3.63, 3.8) is 0 Å². The van der Waals surface area contributed by atoms with Crippen LogP contribution < -0.4 is 10.6 Å². The molecule has 61 heavy (non-hydrogen) atoms. The topological polar surface area (TPSA) is 186 Å². The Labute approximate surface area is 368 Å². The molecule has 1 heterocycles. The predicted molar refractivity (Wildman–Crippen MR) is 242 cm³/mol. The molecule has 0 saturated carbocycles. The summed E-state index contributed by atoms with van der Waals surface area (Å²) >= 11 is 0. The standard InChI is InChI=1S/C49H85N3O9/c1-3-5-7-9-11-13-15-16-17-18-19-20-22-24-29-33-43(55)52(36-30-25-23-21-14-12-10-8-6-4-2)49-45(47(59)46(58)41(38-53)61-49)51-48(60)40(37-39-31-27-26-28-32-39)50-42(54)34-35-44(56)57/h26-28,31-32,40-41,45-47,49,53,58-59H,3-25,29-30,33-38H2,1-2H3,(H,50,54)(H,51,60)(H,56,57)/t40-,41+,45-,46+,47+,49+/m0/s1. The van der Waals surface area contributed by atoms with Crippen molar-refractivity contribution in [3.05, 3.63) is 35.9 Å². The van der Waals surface area contributed by atoms with Crippen molar-refractivity contribution in [2.45, 2.75) is 237 Å². The van der Waals surface area contributed by atoms with Crippen LogP contribution in [0.4, 0.5) is 0 Å². The van der Waals surface area contributed by atoms with E-state index in [-0.39, 0.29) is 25.2 Å². The van der Waals surface area contributed by atoms with E-state index in [1.807, 2.05) is 6.07 Å². The average molecular weight is 860 g/mol. The van der Waals surface area contributed by atoms with Crippen molar-refractivity contribution < 1.29 is 44.3 Å². The number of unbranched alkanes of at least 4 members (excludes halogenated alkanes) is 23. The number of aliphatic hydroxyl groups excluding tert-OH is 3. The first-order valence-electron chi connectivity index (χ1n) is 24.4. The third-order valence-corrected chi connectivity index (χ3v) is 12.1. The van der Waals surface area contributed by atoms with Crippen molar-refractivity contribution in [2.75, 3.05) is 13.2 Å². The molecule has 6 N–H and O–H groups in total. The largest absolute Gasteiger partial charge is 0.481 e. The van der Waals surface area contributed by atoms with E-state index in [1.165, 1.54) is 109 Å². The highest BCUT2D eigenvalue weighted by Gasteiger charge is 2.48. The Morgan fingerprint density at radius 1 is 0.639 bits per heavy atom. The first kappa shape index (κ1) is 54.1. The lowest BCUT2D eigenvalue weighted by atomic mass is 9.94. The molecule has 3 amide bonds. The first-order chi connectivity index (χ1) is 29.6. The van der Waals surface area contributed by atoms with Crippen LogP contribution in [0.2, 0.25) is 0 Å². The van der Waals surface area contributed by atoms with Crippen molar-refractivity contribution in [2.24, 2.45) is 0 Å². The van der Waals surface area contributed by atoms with Gasteiger partial charge in [-0.25, -0.2) is 0 Å². The molecule has 1 aromatic carbocycles. The van der Waals surface area contributed by atoms with Gasteiger partial charge in [0.15, 0.2) is 6.23 Å². The smallest absolute Gasteiger partial charge is 0.303 e. The summed E-state index contributed by atoms with van der Waals surface area (Å²) in [7, 11) is 0. The van der Waals surface area contributed by atoms with Crippen molar-refractivity contribution in [1.29, 1.82) is 0 Å². The molecule has 350 valence electrons. The van der Waals surface area contributed by atoms with Gasteiger partial charge in [-0.1, -0.05) is 192 Å². The Bertz CT molecular complexity index is 1300. The lowest BCUT2D eigenvalue weighted by molar-refractivity contribution is -0.231. The zero-order valence-corrected chi connectivity index (χ0v) is 38.0. The molecule has 0 bridgehead atoms. The van der Waals surface area contributed by atoms with Crippen LogP contribution in [0.5, 0.6) is 0 Å². The van der Waals surface area contributed by atoms with E-state index in [2.05, 4.69) is 24.5 Å². The van der Waals surface area contributed by atoms with Crippen LogP contribution in [-0.2, 0) is 30.3 Å². The number of carboxylic acids is 1. The fourth-order valence-electron chi connectivity index (χ4n) is 8.29. The third kappa shape index (κ3) is 23.8. The van der Waals surface area contributed by atoms with Gasteiger partial charge in [-0.2, -0.15) is 0 Å². The number of amides is 3. The van der Waals surface area contributed by atoms with E-state index in [4.69, 9.17) is 9.84 Å². The number of ether oxygens (including phenoxy) is 1. The maximum atomic E-state index is 14.2. The minimum Gasteiger partial charge on any atom is -0.481 e. The molecule has 2 rings (SSSR count). The van der Waals surface area contributed by atoms with Crippen LogP contribution in [0.25, 0.3) is 0 Å². The minimum atomic E-state index is -1.60. The van der Waals surface area contributed by atoms with Crippen LogP contribution in [0.1, 0.15) is 199 Å². The number of rotatable bonds is 37. The van der Waals surface area contributed by atoms with Gasteiger partial charge in [0.2, 0.25) is 17.7 Å². The molecule has 0 unspecified atom stereocenters. The predicted octanol–water partition coefficient (Wildman–Crippen LogP) is 8.51. The van der Waals surface area contributed by atoms with Crippen LogP contribution in [0.15, 0.2) is 30.3 Å². The molecular formula is C49H85N3O9. The molecule has 0 aromatic heterocycles. The molecule has 1 aromatic rings. The maximum Gasteiger partial charge on any atom is 0.303 e. The highest BCUT2D eigenvalue weighted by atomic mass is 16.5. The number of carboxylic acid groups (broad SMARTS) is 1. The molecule has 1 saturated heterocycles. The number of carbonyl (C=O) groups excluding carboxylic acids is 3. The van der Waals surface area contributed by atoms with Gasteiger partial charge >= 0.3 is 5.97 Å². The Hall–Kier alpha value is -3.06. The lowest BCUT2D eigenvalue weighted by Gasteiger charge is -2.47. The van der Waals surface area contributed by atoms with Crippen LogP contribution in [-0.4, -0.2) is 98.8 Å². The van der Waals surface area contributed by atoms with Gasteiger partial charge < -0.3 is 40.7 Å². The third-order valence-electron chi connectivity index (χ3n) is 12.1. The van der Waals surface area contributed by atoms with Gasteiger partial charge in [0.05, 0.1) is 13.0 Å². The second kappa shape index (κ2) is 34.4. The number of aliphatic carboxylic acids is 1. The zero-order valence-electron chi connectivity index (χ0n) is 38.0. The van der Waals surface area contributed by atoms with Gasteiger partial charge in [-0.3, -0.25) is 19.2 Å². The molecule has 0 spiro atoms. The zero-order chi connectivity index (χ0) is 44.5. The van der Waals surface area contributed by atoms with Gasteiger partial charge in [-0.05, 0) is 18.4 Å². The average Bonchev–Trinajstić information content (AvgIpc) is 3.25. The Morgan fingerprint density at radius 2 is 1.11 bits per heavy atom. The molecule has 6 atom stereocenters. The summed E-state index contributed by atoms with van der Waals surface area (Å²) in [5, 5.41) is 47.2. The number of benzene rings is 1. The number of nitrogens with zero attached hydrogens (tertiary/aromatic N) is 1. The summed E-state index contributed by atoms with van der Waals surface area (Å²) in [5.41, 5.74) is 0.736. The normalized spacial score (nSPS) is 19.3. The van der Waals surface area contributed by atoms with E-state index in [0.29, 0.717) is 19.4 Å². The summed E-state index contributed by atoms with van der Waals surface area (Å²) < 4.78 is 6.21. The van der Waals surface area contributed by atoms with Crippen molar-refractivity contribution >= 4 is 23.7 Å². The summed E-state index contributed by atoms with van der Waals surface area (Å²) in [5.74, 6) is -2.64. The van der Waals surface area contributed by atoms with E-state index in [0.717, 1.165) is 44.1 Å². The van der Waals surface area contributed by atoms with E-state index in [9.17, 15) is 34.5 Å². The van der Waals surface area contributed by atoms with Crippen LogP contribution >= 0.6 is 0 Å².